The van der Waals surface area contributed by atoms with Crippen LogP contribution in [0.5, 0.6) is 0 Å². The number of furan rings is 1. The summed E-state index contributed by atoms with van der Waals surface area (Å²) in [6.07, 6.45) is -6.48. The van der Waals surface area contributed by atoms with E-state index in [4.69, 9.17) is 0 Å². The third-order valence-electron chi connectivity index (χ3n) is 2.39. The minimum atomic E-state index is -4.86. The highest BCUT2D eigenvalue weighted by molar-refractivity contribution is 5.64. The van der Waals surface area contributed by atoms with Gasteiger partial charge in [-0.3, -0.25) is 0 Å². The van der Waals surface area contributed by atoms with Crippen LogP contribution in [0.25, 0.3) is 11.1 Å². The molecule has 19 heavy (non-hydrogen) atoms. The summed E-state index contributed by atoms with van der Waals surface area (Å²) in [6, 6.07) is 2.50. The molecule has 1 aromatic carbocycles. The van der Waals surface area contributed by atoms with E-state index in [1.54, 1.807) is 0 Å². The Kier molecular flexibility index (Phi) is 3.07. The largest absolute Gasteiger partial charge is 0.460 e. The van der Waals surface area contributed by atoms with E-state index in [0.717, 1.165) is 12.3 Å². The fourth-order valence-electron chi connectivity index (χ4n) is 1.50. The zero-order valence-corrected chi connectivity index (χ0v) is 9.06. The van der Waals surface area contributed by atoms with Crippen LogP contribution in [-0.4, -0.2) is 0 Å². The normalized spacial score (nSPS) is 12.7. The molecule has 1 nitrogen and oxygen atoms in total. The maximum Gasteiger partial charge on any atom is 0.416 e. The molecule has 0 aliphatic rings. The predicted octanol–water partition coefficient (Wildman–Crippen LogP) is 4.78. The van der Waals surface area contributed by atoms with Crippen LogP contribution in [-0.2, 0) is 12.4 Å². The molecular formula is C12H5F6O. The van der Waals surface area contributed by atoms with Crippen molar-refractivity contribution < 1.29 is 30.8 Å². The molecule has 0 aliphatic carbocycles. The Bertz CT molecular complexity index is 533. The molecule has 2 rings (SSSR count). The Hall–Kier alpha value is -1.92. The van der Waals surface area contributed by atoms with Gasteiger partial charge in [-0.2, -0.15) is 26.3 Å². The van der Waals surface area contributed by atoms with Crippen molar-refractivity contribution in [2.24, 2.45) is 0 Å². The van der Waals surface area contributed by atoms with Crippen LogP contribution in [0.15, 0.2) is 34.9 Å². The van der Waals surface area contributed by atoms with Crippen LogP contribution in [0.1, 0.15) is 11.1 Å². The van der Waals surface area contributed by atoms with Gasteiger partial charge in [0.05, 0.1) is 17.4 Å². The molecule has 0 spiro atoms. The van der Waals surface area contributed by atoms with Gasteiger partial charge in [0.25, 0.3) is 0 Å². The molecule has 0 amide bonds. The molecule has 1 heterocycles. The molecule has 0 atom stereocenters. The highest BCUT2D eigenvalue weighted by Gasteiger charge is 2.37. The number of rotatable bonds is 1. The number of hydrogen-bond acceptors (Lipinski definition) is 1. The summed E-state index contributed by atoms with van der Waals surface area (Å²) in [4.78, 5) is 0. The molecule has 0 saturated heterocycles. The van der Waals surface area contributed by atoms with Crippen molar-refractivity contribution in [1.82, 2.24) is 0 Å². The average Bonchev–Trinajstić information content (AvgIpc) is 2.79. The van der Waals surface area contributed by atoms with Crippen molar-refractivity contribution in [3.8, 4) is 11.1 Å². The second kappa shape index (κ2) is 4.32. The monoisotopic (exact) mass is 279 g/mol. The summed E-state index contributed by atoms with van der Waals surface area (Å²) in [5.41, 5.74) is -2.86. The van der Waals surface area contributed by atoms with E-state index >= 15 is 0 Å². The van der Waals surface area contributed by atoms with Gasteiger partial charge >= 0.3 is 12.4 Å². The lowest BCUT2D eigenvalue weighted by Gasteiger charge is -2.13. The van der Waals surface area contributed by atoms with E-state index in [1.165, 1.54) is 0 Å². The molecule has 0 N–H and O–H groups in total. The average molecular weight is 279 g/mol. The number of benzene rings is 1. The first-order valence-corrected chi connectivity index (χ1v) is 4.92. The predicted molar refractivity (Wildman–Crippen MR) is 53.0 cm³/mol. The Morgan fingerprint density at radius 3 is 1.68 bits per heavy atom. The van der Waals surface area contributed by atoms with Crippen molar-refractivity contribution in [3.05, 3.63) is 47.9 Å². The van der Waals surface area contributed by atoms with E-state index in [-0.39, 0.29) is 17.2 Å². The van der Waals surface area contributed by atoms with Crippen LogP contribution in [0.2, 0.25) is 0 Å². The molecule has 0 bridgehead atoms. The maximum atomic E-state index is 12.6. The molecule has 0 saturated carbocycles. The van der Waals surface area contributed by atoms with Crippen LogP contribution in [0, 0.1) is 6.26 Å². The number of alkyl halides is 6. The molecular weight excluding hydrogens is 274 g/mol. The Morgan fingerprint density at radius 2 is 1.32 bits per heavy atom. The molecule has 0 fully saturated rings. The van der Waals surface area contributed by atoms with Gasteiger partial charge in [-0.25, -0.2) is 0 Å². The van der Waals surface area contributed by atoms with E-state index in [9.17, 15) is 26.3 Å². The first-order valence-electron chi connectivity index (χ1n) is 4.92. The van der Waals surface area contributed by atoms with Crippen LogP contribution in [0.4, 0.5) is 26.3 Å². The summed E-state index contributed by atoms with van der Waals surface area (Å²) in [6.45, 7) is 0. The fraction of sp³-hybridized carbons (Fsp3) is 0.167. The fourth-order valence-corrected chi connectivity index (χ4v) is 1.50. The Labute approximate surface area is 103 Å². The van der Waals surface area contributed by atoms with Crippen molar-refractivity contribution in [3.63, 3.8) is 0 Å². The van der Waals surface area contributed by atoms with Crippen molar-refractivity contribution >= 4 is 0 Å². The molecule has 0 unspecified atom stereocenters. The topological polar surface area (TPSA) is 13.1 Å². The van der Waals surface area contributed by atoms with Crippen molar-refractivity contribution in [2.75, 3.05) is 0 Å². The highest BCUT2D eigenvalue weighted by Crippen LogP contribution is 2.38. The summed E-state index contributed by atoms with van der Waals surface area (Å²) >= 11 is 0. The van der Waals surface area contributed by atoms with Gasteiger partial charge in [0.15, 0.2) is 6.26 Å². The lowest BCUT2D eigenvalue weighted by Crippen LogP contribution is -2.10. The zero-order chi connectivity index (χ0) is 14.3. The number of hydrogen-bond donors (Lipinski definition) is 0. The number of halogens is 6. The minimum absolute atomic E-state index is 0.0767. The van der Waals surface area contributed by atoms with Crippen LogP contribution >= 0.6 is 0 Å². The molecule has 1 radical (unpaired) electrons. The molecule has 0 aliphatic heterocycles. The summed E-state index contributed by atoms with van der Waals surface area (Å²) in [5, 5.41) is 0. The molecule has 1 aromatic heterocycles. The Morgan fingerprint density at radius 1 is 0.789 bits per heavy atom. The summed E-state index contributed by atoms with van der Waals surface area (Å²) in [5.74, 6) is 0. The Balaban J connectivity index is 2.62. The summed E-state index contributed by atoms with van der Waals surface area (Å²) < 4.78 is 80.0. The van der Waals surface area contributed by atoms with Gasteiger partial charge in [0.2, 0.25) is 0 Å². The van der Waals surface area contributed by atoms with Crippen LogP contribution < -0.4 is 0 Å². The lowest BCUT2D eigenvalue weighted by atomic mass is 10.0. The quantitative estimate of drug-likeness (QED) is 0.684. The first-order chi connectivity index (χ1) is 8.68. The van der Waals surface area contributed by atoms with Crippen molar-refractivity contribution in [1.29, 1.82) is 0 Å². The SMILES string of the molecule is FC(F)(F)c1cc(-c2c[c]oc2)cc(C(F)(F)F)c1. The molecule has 7 heteroatoms. The van der Waals surface area contributed by atoms with E-state index in [2.05, 4.69) is 10.7 Å². The standard InChI is InChI=1S/C12H5F6O/c13-11(14,15)9-3-8(7-1-2-19-6-7)4-10(5-9)12(16,17)18/h1,3-6H. The van der Waals surface area contributed by atoms with Crippen LogP contribution in [0.3, 0.4) is 0 Å². The smallest absolute Gasteiger partial charge is 0.416 e. The van der Waals surface area contributed by atoms with E-state index in [0.29, 0.717) is 12.1 Å². The van der Waals surface area contributed by atoms with E-state index < -0.39 is 23.5 Å². The highest BCUT2D eigenvalue weighted by atomic mass is 19.4. The first kappa shape index (κ1) is 13.5. The lowest BCUT2D eigenvalue weighted by molar-refractivity contribution is -0.143. The van der Waals surface area contributed by atoms with Crippen molar-refractivity contribution in [2.45, 2.75) is 12.4 Å². The summed E-state index contributed by atoms with van der Waals surface area (Å²) in [7, 11) is 0. The molecule has 101 valence electrons. The molecule has 2 aromatic rings. The maximum absolute atomic E-state index is 12.6. The van der Waals surface area contributed by atoms with Gasteiger partial charge < -0.3 is 4.42 Å². The zero-order valence-electron chi connectivity index (χ0n) is 9.06. The third kappa shape index (κ3) is 2.91. The van der Waals surface area contributed by atoms with Gasteiger partial charge in [-0.05, 0) is 29.8 Å². The van der Waals surface area contributed by atoms with Gasteiger partial charge in [-0.15, -0.1) is 0 Å². The second-order valence-electron chi connectivity index (χ2n) is 3.75. The second-order valence-corrected chi connectivity index (χ2v) is 3.75. The third-order valence-corrected chi connectivity index (χ3v) is 2.39. The minimum Gasteiger partial charge on any atom is -0.460 e. The van der Waals surface area contributed by atoms with Gasteiger partial charge in [0.1, 0.15) is 0 Å². The van der Waals surface area contributed by atoms with E-state index in [1.807, 2.05) is 0 Å². The van der Waals surface area contributed by atoms with Gasteiger partial charge in [0, 0.05) is 5.56 Å². The van der Waals surface area contributed by atoms with Gasteiger partial charge in [-0.1, -0.05) is 0 Å².